The first-order valence-electron chi connectivity index (χ1n) is 9.30. The Balaban J connectivity index is 1.82. The van der Waals surface area contributed by atoms with Crippen molar-refractivity contribution >= 4 is 11.9 Å². The molecule has 0 spiro atoms. The third kappa shape index (κ3) is 4.56. The van der Waals surface area contributed by atoms with Crippen molar-refractivity contribution in [2.75, 3.05) is 6.54 Å². The van der Waals surface area contributed by atoms with E-state index < -0.39 is 5.97 Å². The van der Waals surface area contributed by atoms with Gasteiger partial charge in [0.1, 0.15) is 18.0 Å². The van der Waals surface area contributed by atoms with Crippen LogP contribution in [-0.4, -0.2) is 34.5 Å². The van der Waals surface area contributed by atoms with Gasteiger partial charge in [-0.05, 0) is 43.9 Å². The van der Waals surface area contributed by atoms with Crippen molar-refractivity contribution in [3.8, 4) is 0 Å². The van der Waals surface area contributed by atoms with Gasteiger partial charge in [0.2, 0.25) is 0 Å². The zero-order valence-electron chi connectivity index (χ0n) is 15.4. The van der Waals surface area contributed by atoms with Crippen molar-refractivity contribution in [3.05, 3.63) is 58.8 Å². The lowest BCUT2D eigenvalue weighted by molar-refractivity contribution is -0.136. The van der Waals surface area contributed by atoms with Gasteiger partial charge in [-0.25, -0.2) is 4.39 Å². The maximum Gasteiger partial charge on any atom is 0.311 e. The van der Waals surface area contributed by atoms with Gasteiger partial charge in [0.15, 0.2) is 0 Å². The second kappa shape index (κ2) is 8.37. The predicted molar refractivity (Wildman–Crippen MR) is 98.2 cm³/mol. The summed E-state index contributed by atoms with van der Waals surface area (Å²) in [7, 11) is 0. The molecule has 1 aromatic carbocycles. The first-order valence-corrected chi connectivity index (χ1v) is 9.30. The van der Waals surface area contributed by atoms with Crippen LogP contribution in [0.3, 0.4) is 0 Å². The molecule has 2 aromatic rings. The Labute approximate surface area is 157 Å². The minimum atomic E-state index is -1.03. The van der Waals surface area contributed by atoms with Crippen LogP contribution in [0, 0.1) is 12.7 Å². The van der Waals surface area contributed by atoms with Crippen molar-refractivity contribution in [2.24, 2.45) is 0 Å². The van der Waals surface area contributed by atoms with E-state index in [9.17, 15) is 14.0 Å². The summed E-state index contributed by atoms with van der Waals surface area (Å²) >= 11 is 0. The Bertz CT molecular complexity index is 806. The number of benzene rings is 1. The van der Waals surface area contributed by atoms with Crippen LogP contribution in [0.15, 0.2) is 34.9 Å². The van der Waals surface area contributed by atoms with E-state index in [2.05, 4.69) is 0 Å². The highest BCUT2D eigenvalue weighted by Crippen LogP contribution is 2.28. The smallest absolute Gasteiger partial charge is 0.311 e. The van der Waals surface area contributed by atoms with Crippen LogP contribution in [-0.2, 0) is 17.6 Å². The molecule has 1 fully saturated rings. The number of carboxylic acids is 1. The Kier molecular flexibility index (Phi) is 5.94. The lowest BCUT2D eigenvalue weighted by Crippen LogP contribution is -2.40. The molecule has 0 aliphatic heterocycles. The number of amides is 1. The topological polar surface area (TPSA) is 70.7 Å². The third-order valence-corrected chi connectivity index (χ3v) is 5.16. The molecule has 144 valence electrons. The maximum absolute atomic E-state index is 13.3. The fraction of sp³-hybridized carbons (Fsp3) is 0.429. The van der Waals surface area contributed by atoms with Gasteiger partial charge < -0.3 is 14.4 Å². The molecule has 1 amide bonds. The van der Waals surface area contributed by atoms with Crippen LogP contribution >= 0.6 is 0 Å². The van der Waals surface area contributed by atoms with Crippen molar-refractivity contribution in [1.29, 1.82) is 0 Å². The molecule has 0 radical (unpaired) electrons. The SMILES string of the molecule is Cc1coc(CC(=O)O)c1C(=O)N(CCc1ccc(F)cc1)C1CCCC1. The van der Waals surface area contributed by atoms with Gasteiger partial charge in [-0.1, -0.05) is 25.0 Å². The van der Waals surface area contributed by atoms with Crippen molar-refractivity contribution in [2.45, 2.75) is 51.5 Å². The highest BCUT2D eigenvalue weighted by atomic mass is 19.1. The molecule has 3 rings (SSSR count). The van der Waals surface area contributed by atoms with Crippen LogP contribution in [0.4, 0.5) is 4.39 Å². The molecular weight excluding hydrogens is 349 g/mol. The number of carbonyl (C=O) groups excluding carboxylic acids is 1. The van der Waals surface area contributed by atoms with Crippen LogP contribution in [0.25, 0.3) is 0 Å². The number of carboxylic acid groups (broad SMARTS) is 1. The van der Waals surface area contributed by atoms with E-state index in [1.54, 1.807) is 19.1 Å². The van der Waals surface area contributed by atoms with E-state index in [-0.39, 0.29) is 29.9 Å². The zero-order chi connectivity index (χ0) is 19.4. The van der Waals surface area contributed by atoms with Gasteiger partial charge in [-0.2, -0.15) is 0 Å². The monoisotopic (exact) mass is 373 g/mol. The van der Waals surface area contributed by atoms with Crippen LogP contribution < -0.4 is 0 Å². The molecule has 1 N–H and O–H groups in total. The molecule has 1 aliphatic carbocycles. The molecular formula is C21H24FNO4. The third-order valence-electron chi connectivity index (χ3n) is 5.16. The fourth-order valence-corrected chi connectivity index (χ4v) is 3.76. The van der Waals surface area contributed by atoms with E-state index >= 15 is 0 Å². The first-order chi connectivity index (χ1) is 13.0. The second-order valence-corrected chi connectivity index (χ2v) is 7.10. The van der Waals surface area contributed by atoms with Crippen molar-refractivity contribution < 1.29 is 23.5 Å². The lowest BCUT2D eigenvalue weighted by atomic mass is 10.0. The van der Waals surface area contributed by atoms with Gasteiger partial charge in [0, 0.05) is 18.2 Å². The highest BCUT2D eigenvalue weighted by molar-refractivity contribution is 5.97. The summed E-state index contributed by atoms with van der Waals surface area (Å²) in [5.41, 5.74) is 1.98. The molecule has 1 saturated carbocycles. The largest absolute Gasteiger partial charge is 0.481 e. The van der Waals surface area contributed by atoms with Crippen LogP contribution in [0.5, 0.6) is 0 Å². The van der Waals surface area contributed by atoms with Crippen molar-refractivity contribution in [1.82, 2.24) is 4.90 Å². The van der Waals surface area contributed by atoms with Crippen LogP contribution in [0.1, 0.15) is 52.9 Å². The average molecular weight is 373 g/mol. The minimum absolute atomic E-state index is 0.143. The van der Waals surface area contributed by atoms with Gasteiger partial charge in [0.25, 0.3) is 5.91 Å². The summed E-state index contributed by atoms with van der Waals surface area (Å²) in [5, 5.41) is 9.09. The van der Waals surface area contributed by atoms with E-state index in [4.69, 9.17) is 9.52 Å². The number of hydrogen-bond acceptors (Lipinski definition) is 3. The quantitative estimate of drug-likeness (QED) is 0.797. The second-order valence-electron chi connectivity index (χ2n) is 7.10. The number of halogens is 1. The highest BCUT2D eigenvalue weighted by Gasteiger charge is 2.31. The summed E-state index contributed by atoms with van der Waals surface area (Å²) in [6.07, 6.45) is 5.80. The number of rotatable bonds is 7. The molecule has 6 heteroatoms. The molecule has 0 atom stereocenters. The average Bonchev–Trinajstić information content (AvgIpc) is 3.26. The number of hydrogen-bond donors (Lipinski definition) is 1. The van der Waals surface area contributed by atoms with E-state index in [0.717, 1.165) is 31.2 Å². The fourth-order valence-electron chi connectivity index (χ4n) is 3.76. The molecule has 1 aliphatic rings. The summed E-state index contributed by atoms with van der Waals surface area (Å²) in [6, 6.07) is 6.44. The molecule has 0 bridgehead atoms. The van der Waals surface area contributed by atoms with E-state index in [1.165, 1.54) is 18.4 Å². The number of aliphatic carboxylic acids is 1. The number of nitrogens with zero attached hydrogens (tertiary/aromatic N) is 1. The molecule has 5 nitrogen and oxygen atoms in total. The normalized spacial score (nSPS) is 14.4. The molecule has 0 unspecified atom stereocenters. The summed E-state index contributed by atoms with van der Waals surface area (Å²) in [4.78, 5) is 26.3. The summed E-state index contributed by atoms with van der Waals surface area (Å²) < 4.78 is 18.5. The van der Waals surface area contributed by atoms with Gasteiger partial charge in [0.05, 0.1) is 11.8 Å². The standard InChI is InChI=1S/C21H24FNO4/c1-14-13-27-18(12-19(24)25)20(14)21(26)23(17-4-2-3-5-17)11-10-15-6-8-16(22)9-7-15/h6-9,13,17H,2-5,10-12H2,1H3,(H,24,25). The summed E-state index contributed by atoms with van der Waals surface area (Å²) in [6.45, 7) is 2.27. The van der Waals surface area contributed by atoms with Gasteiger partial charge >= 0.3 is 5.97 Å². The Morgan fingerprint density at radius 2 is 1.89 bits per heavy atom. The Morgan fingerprint density at radius 3 is 2.52 bits per heavy atom. The van der Waals surface area contributed by atoms with E-state index in [0.29, 0.717) is 24.1 Å². The molecule has 27 heavy (non-hydrogen) atoms. The maximum atomic E-state index is 13.3. The molecule has 1 aromatic heterocycles. The Morgan fingerprint density at radius 1 is 1.22 bits per heavy atom. The molecule has 0 saturated heterocycles. The van der Waals surface area contributed by atoms with Gasteiger partial charge in [-0.15, -0.1) is 0 Å². The number of aryl methyl sites for hydroxylation is 1. The molecule has 1 heterocycles. The minimum Gasteiger partial charge on any atom is -0.481 e. The zero-order valence-corrected chi connectivity index (χ0v) is 15.4. The van der Waals surface area contributed by atoms with Gasteiger partial charge in [-0.3, -0.25) is 9.59 Å². The van der Waals surface area contributed by atoms with Crippen molar-refractivity contribution in [3.63, 3.8) is 0 Å². The summed E-state index contributed by atoms with van der Waals surface area (Å²) in [5.74, 6) is -1.28. The number of furan rings is 1. The lowest BCUT2D eigenvalue weighted by Gasteiger charge is -2.29. The number of carbonyl (C=O) groups is 2. The predicted octanol–water partition coefficient (Wildman–Crippen LogP) is 3.98. The van der Waals surface area contributed by atoms with Crippen LogP contribution in [0.2, 0.25) is 0 Å². The first kappa shape index (κ1) is 19.1. The Hall–Kier alpha value is -2.63. The van der Waals surface area contributed by atoms with E-state index in [1.807, 2.05) is 4.90 Å².